The van der Waals surface area contributed by atoms with Gasteiger partial charge in [-0.15, -0.1) is 0 Å². The molecular weight excluding hydrogens is 372 g/mol. The molecule has 1 aromatic rings. The van der Waals surface area contributed by atoms with Crippen molar-refractivity contribution in [1.29, 1.82) is 0 Å². The Balaban J connectivity index is 1.34. The van der Waals surface area contributed by atoms with Crippen molar-refractivity contribution in [2.75, 3.05) is 11.9 Å². The van der Waals surface area contributed by atoms with Gasteiger partial charge < -0.3 is 10.2 Å². The normalized spacial score (nSPS) is 36.0. The van der Waals surface area contributed by atoms with Gasteiger partial charge in [-0.3, -0.25) is 9.59 Å². The lowest BCUT2D eigenvalue weighted by molar-refractivity contribution is -0.160. The monoisotopic (exact) mass is 400 g/mol. The summed E-state index contributed by atoms with van der Waals surface area (Å²) in [6.45, 7) is 2.67. The van der Waals surface area contributed by atoms with E-state index in [1.807, 2.05) is 24.0 Å². The predicted molar refractivity (Wildman–Crippen MR) is 110 cm³/mol. The minimum atomic E-state index is -0.348. The van der Waals surface area contributed by atoms with Crippen LogP contribution in [0, 0.1) is 30.1 Å². The number of anilines is 1. The minimum absolute atomic E-state index is 0.0686. The number of carbonyl (C=O) groups excluding carboxylic acids is 2. The van der Waals surface area contributed by atoms with Crippen LogP contribution in [0.15, 0.2) is 18.2 Å². The molecule has 0 spiro atoms. The van der Waals surface area contributed by atoms with E-state index in [1.54, 1.807) is 6.07 Å². The number of hydrogen-bond acceptors (Lipinski definition) is 2. The Bertz CT molecular complexity index is 786. The average molecular weight is 401 g/mol. The summed E-state index contributed by atoms with van der Waals surface area (Å²) in [4.78, 5) is 28.7. The van der Waals surface area contributed by atoms with Crippen molar-refractivity contribution in [2.45, 2.75) is 64.3 Å². The number of rotatable bonds is 3. The number of amides is 2. The van der Waals surface area contributed by atoms with E-state index in [9.17, 15) is 9.59 Å². The maximum Gasteiger partial charge on any atom is 0.247 e. The molecule has 0 aromatic heterocycles. The molecule has 1 N–H and O–H groups in total. The Morgan fingerprint density at radius 2 is 1.75 bits per heavy atom. The number of hydrogen-bond donors (Lipinski definition) is 1. The van der Waals surface area contributed by atoms with Crippen molar-refractivity contribution in [3.8, 4) is 0 Å². The Morgan fingerprint density at radius 3 is 2.39 bits per heavy atom. The van der Waals surface area contributed by atoms with E-state index in [4.69, 9.17) is 11.6 Å². The second kappa shape index (κ2) is 6.76. The second-order valence-electron chi connectivity index (χ2n) is 9.80. The number of carbonyl (C=O) groups is 2. The van der Waals surface area contributed by atoms with Crippen LogP contribution in [-0.2, 0) is 9.59 Å². The van der Waals surface area contributed by atoms with Gasteiger partial charge in [-0.25, -0.2) is 0 Å². The van der Waals surface area contributed by atoms with Crippen LogP contribution in [-0.4, -0.2) is 29.3 Å². The third kappa shape index (κ3) is 3.04. The van der Waals surface area contributed by atoms with Gasteiger partial charge in [-0.2, -0.15) is 0 Å². The van der Waals surface area contributed by atoms with Crippen LogP contribution in [0.2, 0.25) is 5.02 Å². The average Bonchev–Trinajstić information content (AvgIpc) is 3.12. The highest BCUT2D eigenvalue weighted by molar-refractivity contribution is 6.31. The zero-order valence-corrected chi connectivity index (χ0v) is 17.3. The highest BCUT2D eigenvalue weighted by atomic mass is 35.5. The van der Waals surface area contributed by atoms with Crippen molar-refractivity contribution >= 4 is 29.1 Å². The van der Waals surface area contributed by atoms with E-state index in [0.29, 0.717) is 11.6 Å². The lowest BCUT2D eigenvalue weighted by atomic mass is 9.49. The molecule has 1 heterocycles. The van der Waals surface area contributed by atoms with Crippen LogP contribution in [0.4, 0.5) is 5.69 Å². The van der Waals surface area contributed by atoms with Gasteiger partial charge in [0.2, 0.25) is 11.8 Å². The van der Waals surface area contributed by atoms with E-state index in [1.165, 1.54) is 19.3 Å². The van der Waals surface area contributed by atoms with Gasteiger partial charge >= 0.3 is 0 Å². The molecule has 0 unspecified atom stereocenters. The Hall–Kier alpha value is -1.55. The van der Waals surface area contributed by atoms with Gasteiger partial charge in [-0.1, -0.05) is 17.7 Å². The van der Waals surface area contributed by atoms with Crippen LogP contribution in [0.1, 0.15) is 56.9 Å². The fourth-order valence-electron chi connectivity index (χ4n) is 6.90. The minimum Gasteiger partial charge on any atom is -0.330 e. The molecule has 5 fully saturated rings. The molecule has 4 bridgehead atoms. The topological polar surface area (TPSA) is 49.4 Å². The van der Waals surface area contributed by atoms with Crippen LogP contribution >= 0.6 is 11.6 Å². The molecule has 6 rings (SSSR count). The molecular formula is C23H29ClN2O2. The molecule has 4 saturated carbocycles. The molecule has 28 heavy (non-hydrogen) atoms. The second-order valence-corrected chi connectivity index (χ2v) is 10.2. The molecule has 1 atom stereocenters. The summed E-state index contributed by atoms with van der Waals surface area (Å²) in [5.74, 6) is 2.41. The number of halogens is 1. The number of nitrogens with zero attached hydrogens (tertiary/aromatic N) is 1. The molecule has 5 heteroatoms. The van der Waals surface area contributed by atoms with Gasteiger partial charge in [-0.05, 0) is 93.7 Å². The number of nitrogens with one attached hydrogen (secondary N) is 1. The van der Waals surface area contributed by atoms with Crippen molar-refractivity contribution in [2.24, 2.45) is 23.2 Å². The standard InChI is InChI=1S/C23H29ClN2O2/c1-14-4-5-18(24)10-19(14)25-21(27)20-3-2-6-26(20)22(28)23-11-15-7-16(12-23)9-17(8-15)13-23/h4-5,10,15-17,20H,2-3,6-9,11-13H2,1H3,(H,25,27)/t15?,16?,17?,20-,23?/m0/s1. The molecule has 1 saturated heterocycles. The summed E-state index contributed by atoms with van der Waals surface area (Å²) in [5, 5.41) is 3.64. The van der Waals surface area contributed by atoms with E-state index in [-0.39, 0.29) is 23.3 Å². The van der Waals surface area contributed by atoms with Crippen molar-refractivity contribution < 1.29 is 9.59 Å². The Morgan fingerprint density at radius 1 is 1.11 bits per heavy atom. The summed E-state index contributed by atoms with van der Waals surface area (Å²) in [5.41, 5.74) is 1.55. The third-order valence-corrected chi connectivity index (χ3v) is 8.00. The maximum absolute atomic E-state index is 13.7. The van der Waals surface area contributed by atoms with Gasteiger partial charge in [0.25, 0.3) is 0 Å². The van der Waals surface area contributed by atoms with Crippen molar-refractivity contribution in [3.05, 3.63) is 28.8 Å². The molecule has 150 valence electrons. The van der Waals surface area contributed by atoms with Crippen molar-refractivity contribution in [1.82, 2.24) is 4.90 Å². The van der Waals surface area contributed by atoms with E-state index >= 15 is 0 Å². The summed E-state index contributed by atoms with van der Waals surface area (Å²) in [7, 11) is 0. The van der Waals surface area contributed by atoms with Crippen molar-refractivity contribution in [3.63, 3.8) is 0 Å². The maximum atomic E-state index is 13.7. The molecule has 4 aliphatic carbocycles. The number of likely N-dealkylation sites (tertiary alicyclic amines) is 1. The molecule has 0 radical (unpaired) electrons. The number of aryl methyl sites for hydroxylation is 1. The molecule has 4 nitrogen and oxygen atoms in total. The lowest BCUT2D eigenvalue weighted by Crippen LogP contribution is -2.56. The van der Waals surface area contributed by atoms with Gasteiger partial charge in [0, 0.05) is 17.3 Å². The molecule has 1 aromatic carbocycles. The lowest BCUT2D eigenvalue weighted by Gasteiger charge is -2.56. The quantitative estimate of drug-likeness (QED) is 0.792. The number of benzene rings is 1. The van der Waals surface area contributed by atoms with E-state index < -0.39 is 0 Å². The van der Waals surface area contributed by atoms with Crippen LogP contribution in [0.3, 0.4) is 0 Å². The fourth-order valence-corrected chi connectivity index (χ4v) is 7.08. The van der Waals surface area contributed by atoms with Crippen LogP contribution in [0.25, 0.3) is 0 Å². The Kier molecular flexibility index (Phi) is 4.46. The summed E-state index contributed by atoms with van der Waals surface area (Å²) in [6.07, 6.45) is 8.79. The zero-order chi connectivity index (χ0) is 19.5. The predicted octanol–water partition coefficient (Wildman–Crippen LogP) is 4.79. The summed E-state index contributed by atoms with van der Waals surface area (Å²) >= 11 is 6.10. The molecule has 2 amide bonds. The molecule has 5 aliphatic rings. The van der Waals surface area contributed by atoms with E-state index in [0.717, 1.165) is 61.1 Å². The smallest absolute Gasteiger partial charge is 0.247 e. The highest BCUT2D eigenvalue weighted by Gasteiger charge is 2.56. The summed E-state index contributed by atoms with van der Waals surface area (Å²) < 4.78 is 0. The van der Waals surface area contributed by atoms with Gasteiger partial charge in [0.1, 0.15) is 6.04 Å². The van der Waals surface area contributed by atoms with Crippen LogP contribution < -0.4 is 5.32 Å². The first-order valence-electron chi connectivity index (χ1n) is 10.8. The van der Waals surface area contributed by atoms with Crippen LogP contribution in [0.5, 0.6) is 0 Å². The SMILES string of the molecule is Cc1ccc(Cl)cc1NC(=O)[C@@H]1CCCN1C(=O)C12CC3CC(CC(C3)C1)C2. The fraction of sp³-hybridized carbons (Fsp3) is 0.652. The van der Waals surface area contributed by atoms with E-state index in [2.05, 4.69) is 5.32 Å². The zero-order valence-electron chi connectivity index (χ0n) is 16.5. The first kappa shape index (κ1) is 18.5. The van der Waals surface area contributed by atoms with Gasteiger partial charge in [0.05, 0.1) is 5.41 Å². The third-order valence-electron chi connectivity index (χ3n) is 7.77. The highest BCUT2D eigenvalue weighted by Crippen LogP contribution is 2.60. The summed E-state index contributed by atoms with van der Waals surface area (Å²) in [6, 6.07) is 5.17. The molecule has 1 aliphatic heterocycles. The largest absolute Gasteiger partial charge is 0.330 e. The Labute approximate surface area is 172 Å². The first-order chi connectivity index (χ1) is 13.4. The van der Waals surface area contributed by atoms with Gasteiger partial charge in [0.15, 0.2) is 0 Å². The first-order valence-corrected chi connectivity index (χ1v) is 11.2.